The number of hydrogen-bond acceptors (Lipinski definition) is 3. The Morgan fingerprint density at radius 2 is 1.95 bits per heavy atom. The van der Waals surface area contributed by atoms with Crippen molar-refractivity contribution < 1.29 is 9.90 Å². The Bertz CT molecular complexity index is 439. The second-order valence-electron chi connectivity index (χ2n) is 4.61. The highest BCUT2D eigenvalue weighted by atomic mass is 35.5. The van der Waals surface area contributed by atoms with Gasteiger partial charge >= 0.3 is 5.97 Å². The number of carboxylic acids is 1. The molecule has 1 fully saturated rings. The molecule has 2 unspecified atom stereocenters. The van der Waals surface area contributed by atoms with Crippen LogP contribution in [0.15, 0.2) is 29.2 Å². The van der Waals surface area contributed by atoms with E-state index in [0.29, 0.717) is 10.5 Å². The van der Waals surface area contributed by atoms with Crippen LogP contribution in [0.5, 0.6) is 0 Å². The first kappa shape index (κ1) is 15.1. The summed E-state index contributed by atoms with van der Waals surface area (Å²) in [4.78, 5) is 11.8. The van der Waals surface area contributed by atoms with Crippen molar-refractivity contribution in [3.8, 4) is 0 Å². The number of carbonyl (C=O) groups is 1. The fraction of sp³-hybridized carbons (Fsp3) is 0.500. The first-order valence-corrected chi connectivity index (χ1v) is 8.72. The zero-order chi connectivity index (χ0) is 13.7. The van der Waals surface area contributed by atoms with E-state index in [0.717, 1.165) is 22.8 Å². The van der Waals surface area contributed by atoms with Crippen molar-refractivity contribution in [2.75, 3.05) is 5.75 Å². The summed E-state index contributed by atoms with van der Waals surface area (Å²) in [6.07, 6.45) is 4.69. The Kier molecular flexibility index (Phi) is 5.92. The van der Waals surface area contributed by atoms with E-state index in [9.17, 15) is 4.79 Å². The third kappa shape index (κ3) is 4.62. The van der Waals surface area contributed by atoms with Gasteiger partial charge < -0.3 is 5.11 Å². The molecule has 0 radical (unpaired) electrons. The zero-order valence-electron chi connectivity index (χ0n) is 10.5. The van der Waals surface area contributed by atoms with Gasteiger partial charge in [0.1, 0.15) is 0 Å². The van der Waals surface area contributed by atoms with Gasteiger partial charge in [0.05, 0.1) is 10.8 Å². The molecule has 19 heavy (non-hydrogen) atoms. The van der Waals surface area contributed by atoms with Gasteiger partial charge in [0.15, 0.2) is 0 Å². The van der Waals surface area contributed by atoms with Crippen LogP contribution in [0.4, 0.5) is 0 Å². The zero-order valence-corrected chi connectivity index (χ0v) is 12.9. The van der Waals surface area contributed by atoms with Crippen molar-refractivity contribution >= 4 is 41.1 Å². The minimum Gasteiger partial charge on any atom is -0.481 e. The van der Waals surface area contributed by atoms with E-state index in [1.807, 2.05) is 24.3 Å². The van der Waals surface area contributed by atoms with Crippen molar-refractivity contribution in [1.82, 2.24) is 0 Å². The van der Waals surface area contributed by atoms with Crippen molar-refractivity contribution in [3.05, 3.63) is 29.3 Å². The maximum Gasteiger partial charge on any atom is 0.313 e. The van der Waals surface area contributed by atoms with E-state index in [2.05, 4.69) is 0 Å². The van der Waals surface area contributed by atoms with Crippen LogP contribution in [-0.2, 0) is 4.79 Å². The number of carboxylic acid groups (broad SMARTS) is 1. The van der Waals surface area contributed by atoms with Gasteiger partial charge in [-0.25, -0.2) is 0 Å². The molecule has 5 heteroatoms. The summed E-state index contributed by atoms with van der Waals surface area (Å²) in [6.45, 7) is 0. The normalized spacial score (nSPS) is 23.2. The first-order chi connectivity index (χ1) is 9.16. The summed E-state index contributed by atoms with van der Waals surface area (Å²) in [5.41, 5.74) is 0. The predicted molar refractivity (Wildman–Crippen MR) is 83.4 cm³/mol. The lowest BCUT2D eigenvalue weighted by Gasteiger charge is -2.30. The highest BCUT2D eigenvalue weighted by Crippen LogP contribution is 2.41. The molecule has 0 heterocycles. The molecule has 2 nitrogen and oxygen atoms in total. The monoisotopic (exact) mass is 316 g/mol. The molecular formula is C14H17ClO2S2. The quantitative estimate of drug-likeness (QED) is 0.864. The fourth-order valence-corrected chi connectivity index (χ4v) is 5.22. The Hall–Kier alpha value is -0.320. The topological polar surface area (TPSA) is 37.3 Å². The van der Waals surface area contributed by atoms with Crippen LogP contribution in [0.1, 0.15) is 25.7 Å². The molecule has 1 saturated carbocycles. The number of thioether (sulfide) groups is 2. The molecule has 1 N–H and O–H groups in total. The molecule has 1 aromatic rings. The molecular weight excluding hydrogens is 300 g/mol. The van der Waals surface area contributed by atoms with E-state index in [1.165, 1.54) is 12.8 Å². The molecule has 0 saturated heterocycles. The third-order valence-corrected chi connectivity index (χ3v) is 6.67. The first-order valence-electron chi connectivity index (χ1n) is 6.41. The van der Waals surface area contributed by atoms with E-state index in [-0.39, 0.29) is 5.75 Å². The van der Waals surface area contributed by atoms with E-state index < -0.39 is 5.97 Å². The summed E-state index contributed by atoms with van der Waals surface area (Å²) < 4.78 is 0. The molecule has 1 aromatic carbocycles. The summed E-state index contributed by atoms with van der Waals surface area (Å²) in [7, 11) is 0. The minimum atomic E-state index is -0.725. The van der Waals surface area contributed by atoms with Crippen LogP contribution in [0, 0.1) is 0 Å². The Morgan fingerprint density at radius 1 is 1.26 bits per heavy atom. The van der Waals surface area contributed by atoms with Gasteiger partial charge in [-0.2, -0.15) is 0 Å². The smallest absolute Gasteiger partial charge is 0.313 e. The molecule has 0 aliphatic heterocycles. The van der Waals surface area contributed by atoms with Crippen LogP contribution in [-0.4, -0.2) is 27.3 Å². The molecule has 0 bridgehead atoms. The van der Waals surface area contributed by atoms with Gasteiger partial charge in [-0.15, -0.1) is 23.5 Å². The second kappa shape index (κ2) is 7.46. The van der Waals surface area contributed by atoms with Gasteiger partial charge in [-0.1, -0.05) is 36.6 Å². The third-order valence-electron chi connectivity index (χ3n) is 3.18. The van der Waals surface area contributed by atoms with Gasteiger partial charge in [0.2, 0.25) is 0 Å². The lowest BCUT2D eigenvalue weighted by molar-refractivity contribution is -0.133. The van der Waals surface area contributed by atoms with Crippen LogP contribution in [0.3, 0.4) is 0 Å². The van der Waals surface area contributed by atoms with Crippen LogP contribution >= 0.6 is 35.1 Å². The number of aliphatic carboxylic acids is 1. The van der Waals surface area contributed by atoms with Crippen LogP contribution in [0.2, 0.25) is 5.02 Å². The van der Waals surface area contributed by atoms with Crippen molar-refractivity contribution in [3.63, 3.8) is 0 Å². The predicted octanol–water partition coefficient (Wildman–Crippen LogP) is 4.56. The summed E-state index contributed by atoms with van der Waals surface area (Å²) in [5, 5.41) is 10.5. The average molecular weight is 317 g/mol. The van der Waals surface area contributed by atoms with Gasteiger partial charge in [0, 0.05) is 15.4 Å². The number of benzene rings is 1. The Labute approximate surface area is 127 Å². The summed E-state index contributed by atoms with van der Waals surface area (Å²) in [6, 6.07) is 7.88. The maximum absolute atomic E-state index is 10.7. The molecule has 0 aromatic heterocycles. The highest BCUT2D eigenvalue weighted by molar-refractivity contribution is 8.04. The fourth-order valence-electron chi connectivity index (χ4n) is 2.27. The minimum absolute atomic E-state index is 0.199. The second-order valence-corrected chi connectivity index (χ2v) is 7.53. The summed E-state index contributed by atoms with van der Waals surface area (Å²) in [5.74, 6) is -0.526. The van der Waals surface area contributed by atoms with E-state index in [4.69, 9.17) is 16.7 Å². The Morgan fingerprint density at radius 3 is 2.63 bits per heavy atom. The molecule has 0 spiro atoms. The number of hydrogen-bond donors (Lipinski definition) is 1. The van der Waals surface area contributed by atoms with Crippen molar-refractivity contribution in [2.24, 2.45) is 0 Å². The lowest BCUT2D eigenvalue weighted by atomic mass is 10.00. The lowest BCUT2D eigenvalue weighted by Crippen LogP contribution is -2.25. The molecule has 2 atom stereocenters. The standard InChI is InChI=1S/C14H17ClO2S2/c15-10-5-1-2-6-11(10)19-13-8-4-3-7-12(13)18-9-14(16)17/h1-2,5-6,12-13H,3-4,7-9H2,(H,16,17). The van der Waals surface area contributed by atoms with Gasteiger partial charge in [-0.05, 0) is 25.0 Å². The summed E-state index contributed by atoms with van der Waals surface area (Å²) >= 11 is 9.58. The van der Waals surface area contributed by atoms with Gasteiger partial charge in [0.25, 0.3) is 0 Å². The largest absolute Gasteiger partial charge is 0.481 e. The molecule has 1 aliphatic rings. The van der Waals surface area contributed by atoms with Crippen molar-refractivity contribution in [1.29, 1.82) is 0 Å². The van der Waals surface area contributed by atoms with E-state index >= 15 is 0 Å². The average Bonchev–Trinajstić information content (AvgIpc) is 2.40. The van der Waals surface area contributed by atoms with Crippen LogP contribution in [0.25, 0.3) is 0 Å². The molecule has 1 aliphatic carbocycles. The molecule has 2 rings (SSSR count). The van der Waals surface area contributed by atoms with Crippen LogP contribution < -0.4 is 0 Å². The Balaban J connectivity index is 1.99. The van der Waals surface area contributed by atoms with Gasteiger partial charge in [-0.3, -0.25) is 4.79 Å². The number of halogens is 1. The van der Waals surface area contributed by atoms with E-state index in [1.54, 1.807) is 23.5 Å². The maximum atomic E-state index is 10.7. The molecule has 104 valence electrons. The van der Waals surface area contributed by atoms with Crippen molar-refractivity contribution in [2.45, 2.75) is 41.1 Å². The SMILES string of the molecule is O=C(O)CSC1CCCCC1Sc1ccccc1Cl. The highest BCUT2D eigenvalue weighted by Gasteiger charge is 2.27. The molecule has 0 amide bonds. The number of rotatable bonds is 5.